The molecular formula is C20H27N3O2. The molecular weight excluding hydrogens is 314 g/mol. The minimum Gasteiger partial charge on any atom is -0.465 e. The van der Waals surface area contributed by atoms with E-state index in [9.17, 15) is 4.79 Å². The number of carbonyl (C=O) groups is 1. The lowest BCUT2D eigenvalue weighted by Crippen LogP contribution is -2.34. The fourth-order valence-corrected chi connectivity index (χ4v) is 3.40. The summed E-state index contributed by atoms with van der Waals surface area (Å²) in [6.07, 6.45) is 5.31. The Morgan fingerprint density at radius 3 is 2.72 bits per heavy atom. The summed E-state index contributed by atoms with van der Waals surface area (Å²) >= 11 is 0. The number of methoxy groups -OCH3 is 1. The average Bonchev–Trinajstić information content (AvgIpc) is 2.66. The fraction of sp³-hybridized carbons (Fsp3) is 0.500. The molecule has 0 bridgehead atoms. The molecule has 1 aliphatic heterocycles. The van der Waals surface area contributed by atoms with Crippen LogP contribution in [0.15, 0.2) is 30.5 Å². The third-order valence-electron chi connectivity index (χ3n) is 5.02. The van der Waals surface area contributed by atoms with Crippen LogP contribution in [0, 0.1) is 5.92 Å². The molecule has 1 aliphatic rings. The number of aromatic nitrogens is 1. The maximum atomic E-state index is 11.9. The Morgan fingerprint density at radius 2 is 2.00 bits per heavy atom. The van der Waals surface area contributed by atoms with Crippen molar-refractivity contribution in [3.05, 3.63) is 36.0 Å². The quantitative estimate of drug-likeness (QED) is 0.643. The van der Waals surface area contributed by atoms with Gasteiger partial charge in [-0.3, -0.25) is 0 Å². The van der Waals surface area contributed by atoms with E-state index in [0.717, 1.165) is 42.0 Å². The lowest BCUT2D eigenvalue weighted by atomic mass is 9.99. The molecule has 2 aromatic rings. The first-order valence-corrected chi connectivity index (χ1v) is 9.11. The third kappa shape index (κ3) is 4.28. The Balaban J connectivity index is 1.61. The first kappa shape index (κ1) is 17.7. The molecule has 5 nitrogen and oxygen atoms in total. The molecule has 1 N–H and O–H groups in total. The van der Waals surface area contributed by atoms with Gasteiger partial charge < -0.3 is 15.0 Å². The van der Waals surface area contributed by atoms with Crippen LogP contribution in [-0.2, 0) is 4.74 Å². The number of esters is 1. The highest BCUT2D eigenvalue weighted by molar-refractivity contribution is 6.07. The number of pyridine rings is 1. The summed E-state index contributed by atoms with van der Waals surface area (Å²) in [6.45, 7) is 6.78. The van der Waals surface area contributed by atoms with Crippen LogP contribution in [-0.4, -0.2) is 49.1 Å². The van der Waals surface area contributed by atoms with Crippen molar-refractivity contribution in [3.8, 4) is 0 Å². The van der Waals surface area contributed by atoms with E-state index in [1.807, 2.05) is 24.3 Å². The maximum Gasteiger partial charge on any atom is 0.340 e. The largest absolute Gasteiger partial charge is 0.465 e. The van der Waals surface area contributed by atoms with Gasteiger partial charge in [0, 0.05) is 23.5 Å². The van der Waals surface area contributed by atoms with Gasteiger partial charge in [0.15, 0.2) is 0 Å². The molecule has 0 amide bonds. The van der Waals surface area contributed by atoms with Crippen LogP contribution in [0.4, 0.5) is 5.82 Å². The molecule has 25 heavy (non-hydrogen) atoms. The molecule has 1 fully saturated rings. The van der Waals surface area contributed by atoms with E-state index in [-0.39, 0.29) is 5.97 Å². The van der Waals surface area contributed by atoms with Crippen LogP contribution in [0.25, 0.3) is 10.8 Å². The van der Waals surface area contributed by atoms with E-state index >= 15 is 0 Å². The Hall–Kier alpha value is -2.14. The SMILES string of the molecule is COC(=O)c1cnc(NCCCN2CCC(C)CC2)c2ccccc12. The van der Waals surface area contributed by atoms with Crippen molar-refractivity contribution >= 4 is 22.6 Å². The van der Waals surface area contributed by atoms with Gasteiger partial charge in [-0.1, -0.05) is 31.2 Å². The molecule has 134 valence electrons. The van der Waals surface area contributed by atoms with Gasteiger partial charge in [0.05, 0.1) is 12.7 Å². The number of hydrogen-bond donors (Lipinski definition) is 1. The van der Waals surface area contributed by atoms with Crippen LogP contribution >= 0.6 is 0 Å². The van der Waals surface area contributed by atoms with E-state index in [1.54, 1.807) is 6.20 Å². The number of anilines is 1. The number of rotatable bonds is 6. The minimum absolute atomic E-state index is 0.352. The smallest absolute Gasteiger partial charge is 0.340 e. The Bertz CT molecular complexity index is 724. The van der Waals surface area contributed by atoms with E-state index in [4.69, 9.17) is 4.74 Å². The minimum atomic E-state index is -0.352. The molecule has 0 spiro atoms. The number of fused-ring (bicyclic) bond motifs is 1. The summed E-state index contributed by atoms with van der Waals surface area (Å²) in [6, 6.07) is 7.81. The van der Waals surface area contributed by atoms with E-state index < -0.39 is 0 Å². The number of benzene rings is 1. The van der Waals surface area contributed by atoms with Gasteiger partial charge in [-0.2, -0.15) is 0 Å². The predicted molar refractivity (Wildman–Crippen MR) is 101 cm³/mol. The van der Waals surface area contributed by atoms with Crippen LogP contribution < -0.4 is 5.32 Å². The van der Waals surface area contributed by atoms with Crippen LogP contribution in [0.2, 0.25) is 0 Å². The Morgan fingerprint density at radius 1 is 1.28 bits per heavy atom. The highest BCUT2D eigenvalue weighted by atomic mass is 16.5. The standard InChI is InChI=1S/C20H27N3O2/c1-15-8-12-23(13-9-15)11-5-10-21-19-17-7-4-3-6-16(17)18(14-22-19)20(24)25-2/h3-4,6-7,14-15H,5,8-13H2,1-2H3,(H,21,22). The number of likely N-dealkylation sites (tertiary alicyclic amines) is 1. The zero-order chi connectivity index (χ0) is 17.6. The molecule has 2 heterocycles. The average molecular weight is 341 g/mol. The zero-order valence-corrected chi connectivity index (χ0v) is 15.1. The first-order chi connectivity index (χ1) is 12.2. The van der Waals surface area contributed by atoms with Gasteiger partial charge >= 0.3 is 5.97 Å². The third-order valence-corrected chi connectivity index (χ3v) is 5.02. The topological polar surface area (TPSA) is 54.5 Å². The summed E-state index contributed by atoms with van der Waals surface area (Å²) in [5.74, 6) is 1.35. The second kappa shape index (κ2) is 8.30. The predicted octanol–water partition coefficient (Wildman–Crippen LogP) is 3.56. The first-order valence-electron chi connectivity index (χ1n) is 9.11. The lowest BCUT2D eigenvalue weighted by molar-refractivity contribution is 0.0602. The Labute approximate surface area is 149 Å². The molecule has 0 aliphatic carbocycles. The summed E-state index contributed by atoms with van der Waals surface area (Å²) in [5, 5.41) is 5.26. The van der Waals surface area contributed by atoms with Crippen molar-refractivity contribution in [1.29, 1.82) is 0 Å². The summed E-state index contributed by atoms with van der Waals surface area (Å²) < 4.78 is 4.85. The number of carbonyl (C=O) groups excluding carboxylic acids is 1. The number of hydrogen-bond acceptors (Lipinski definition) is 5. The van der Waals surface area contributed by atoms with Gasteiger partial charge in [0.25, 0.3) is 0 Å². The van der Waals surface area contributed by atoms with Gasteiger partial charge in [-0.15, -0.1) is 0 Å². The molecule has 0 unspecified atom stereocenters. The zero-order valence-electron chi connectivity index (χ0n) is 15.1. The van der Waals surface area contributed by atoms with E-state index in [1.165, 1.54) is 33.0 Å². The van der Waals surface area contributed by atoms with Crippen molar-refractivity contribution < 1.29 is 9.53 Å². The summed E-state index contributed by atoms with van der Waals surface area (Å²) in [4.78, 5) is 18.9. The van der Waals surface area contributed by atoms with E-state index in [2.05, 4.69) is 22.1 Å². The fourth-order valence-electron chi connectivity index (χ4n) is 3.40. The highest BCUT2D eigenvalue weighted by Crippen LogP contribution is 2.25. The van der Waals surface area contributed by atoms with Gasteiger partial charge in [-0.05, 0) is 44.8 Å². The molecule has 1 aromatic carbocycles. The highest BCUT2D eigenvalue weighted by Gasteiger charge is 2.15. The van der Waals surface area contributed by atoms with Crippen LogP contribution in [0.3, 0.4) is 0 Å². The molecule has 0 radical (unpaired) electrons. The van der Waals surface area contributed by atoms with Gasteiger partial charge in [0.1, 0.15) is 5.82 Å². The molecule has 1 aromatic heterocycles. The summed E-state index contributed by atoms with van der Waals surface area (Å²) in [5.41, 5.74) is 0.506. The van der Waals surface area contributed by atoms with Crippen LogP contribution in [0.1, 0.15) is 36.5 Å². The van der Waals surface area contributed by atoms with E-state index in [0.29, 0.717) is 5.56 Å². The van der Waals surface area contributed by atoms with Crippen molar-refractivity contribution in [2.45, 2.75) is 26.2 Å². The lowest BCUT2D eigenvalue weighted by Gasteiger charge is -2.30. The number of nitrogens with one attached hydrogen (secondary N) is 1. The second-order valence-corrected chi connectivity index (χ2v) is 6.86. The second-order valence-electron chi connectivity index (χ2n) is 6.86. The number of piperidine rings is 1. The van der Waals surface area contributed by atoms with Crippen molar-refractivity contribution in [2.24, 2.45) is 5.92 Å². The Kier molecular flexibility index (Phi) is 5.87. The monoisotopic (exact) mass is 341 g/mol. The number of ether oxygens (including phenoxy) is 1. The van der Waals surface area contributed by atoms with Gasteiger partial charge in [-0.25, -0.2) is 9.78 Å². The number of nitrogens with zero attached hydrogens (tertiary/aromatic N) is 2. The van der Waals surface area contributed by atoms with Gasteiger partial charge in [0.2, 0.25) is 0 Å². The maximum absolute atomic E-state index is 11.9. The van der Waals surface area contributed by atoms with Crippen molar-refractivity contribution in [2.75, 3.05) is 38.6 Å². The van der Waals surface area contributed by atoms with Crippen LogP contribution in [0.5, 0.6) is 0 Å². The molecule has 3 rings (SSSR count). The molecule has 0 atom stereocenters. The van der Waals surface area contributed by atoms with Crippen molar-refractivity contribution in [1.82, 2.24) is 9.88 Å². The summed E-state index contributed by atoms with van der Waals surface area (Å²) in [7, 11) is 1.39. The van der Waals surface area contributed by atoms with Crippen molar-refractivity contribution in [3.63, 3.8) is 0 Å². The molecule has 1 saturated heterocycles. The molecule has 5 heteroatoms. The normalized spacial score (nSPS) is 16.1. The molecule has 0 saturated carbocycles.